The molecule has 2 aromatic carbocycles. The van der Waals surface area contributed by atoms with E-state index in [1.807, 2.05) is 36.4 Å². The molecular formula is C14H13IN2S. The third-order valence-electron chi connectivity index (χ3n) is 2.73. The van der Waals surface area contributed by atoms with E-state index in [4.69, 9.17) is 18.0 Å². The summed E-state index contributed by atoms with van der Waals surface area (Å²) in [6.07, 6.45) is 0. The lowest BCUT2D eigenvalue weighted by atomic mass is 10.1. The van der Waals surface area contributed by atoms with Crippen LogP contribution in [-0.2, 0) is 0 Å². The number of thiocarbonyl (C=S) groups is 1. The molecule has 0 unspecified atom stereocenters. The fraction of sp³-hybridized carbons (Fsp3) is 0.0714. The molecule has 0 fully saturated rings. The zero-order valence-electron chi connectivity index (χ0n) is 9.91. The van der Waals surface area contributed by atoms with Crippen molar-refractivity contribution in [3.63, 3.8) is 0 Å². The van der Waals surface area contributed by atoms with E-state index in [0.29, 0.717) is 4.99 Å². The number of rotatable bonds is 3. The third-order valence-corrected chi connectivity index (χ3v) is 4.12. The second-order valence-electron chi connectivity index (χ2n) is 3.95. The maximum atomic E-state index is 5.73. The number of nitrogens with two attached hydrogens (primary N) is 1. The standard InChI is InChI=1S/C14H13IN2S/c1-9-11(15)6-4-8-12(9)17-13-7-3-2-5-10(13)14(16)18/h2-8,17H,1H3,(H2,16,18). The van der Waals surface area contributed by atoms with E-state index in [-0.39, 0.29) is 0 Å². The molecule has 18 heavy (non-hydrogen) atoms. The molecule has 0 amide bonds. The van der Waals surface area contributed by atoms with Gasteiger partial charge in [0, 0.05) is 20.5 Å². The fourth-order valence-corrected chi connectivity index (χ4v) is 2.37. The Morgan fingerprint density at radius 1 is 1.11 bits per heavy atom. The second-order valence-corrected chi connectivity index (χ2v) is 5.55. The summed E-state index contributed by atoms with van der Waals surface area (Å²) in [7, 11) is 0. The van der Waals surface area contributed by atoms with Gasteiger partial charge in [0.2, 0.25) is 0 Å². The minimum absolute atomic E-state index is 0.404. The Kier molecular flexibility index (Phi) is 4.19. The Balaban J connectivity index is 2.40. The Labute approximate surface area is 126 Å². The van der Waals surface area contributed by atoms with E-state index in [1.54, 1.807) is 0 Å². The zero-order valence-corrected chi connectivity index (χ0v) is 12.9. The highest BCUT2D eigenvalue weighted by Crippen LogP contribution is 2.26. The molecule has 0 saturated heterocycles. The van der Waals surface area contributed by atoms with E-state index < -0.39 is 0 Å². The molecule has 2 nitrogen and oxygen atoms in total. The summed E-state index contributed by atoms with van der Waals surface area (Å²) < 4.78 is 1.23. The van der Waals surface area contributed by atoms with Crippen LogP contribution in [0.25, 0.3) is 0 Å². The maximum absolute atomic E-state index is 5.73. The normalized spacial score (nSPS) is 10.1. The first-order valence-electron chi connectivity index (χ1n) is 5.50. The molecule has 2 aromatic rings. The molecule has 92 valence electrons. The van der Waals surface area contributed by atoms with Crippen LogP contribution in [0.2, 0.25) is 0 Å². The first-order chi connectivity index (χ1) is 8.59. The highest BCUT2D eigenvalue weighted by Gasteiger charge is 2.06. The topological polar surface area (TPSA) is 38.0 Å². The number of benzene rings is 2. The summed E-state index contributed by atoms with van der Waals surface area (Å²) in [4.78, 5) is 0.404. The van der Waals surface area contributed by atoms with Gasteiger partial charge >= 0.3 is 0 Å². The molecule has 0 bridgehead atoms. The summed E-state index contributed by atoms with van der Waals surface area (Å²) in [5.74, 6) is 0. The van der Waals surface area contributed by atoms with Gasteiger partial charge in [0.25, 0.3) is 0 Å². The monoisotopic (exact) mass is 368 g/mol. The fourth-order valence-electron chi connectivity index (χ4n) is 1.69. The molecule has 0 heterocycles. The predicted octanol–water partition coefficient (Wildman–Crippen LogP) is 3.98. The van der Waals surface area contributed by atoms with E-state index in [0.717, 1.165) is 16.9 Å². The summed E-state index contributed by atoms with van der Waals surface area (Å²) in [6.45, 7) is 2.09. The van der Waals surface area contributed by atoms with Crippen molar-refractivity contribution in [1.29, 1.82) is 0 Å². The van der Waals surface area contributed by atoms with Crippen LogP contribution in [-0.4, -0.2) is 4.99 Å². The number of anilines is 2. The number of hydrogen-bond donors (Lipinski definition) is 2. The lowest BCUT2D eigenvalue weighted by molar-refractivity contribution is 1.39. The first-order valence-corrected chi connectivity index (χ1v) is 6.99. The average molecular weight is 368 g/mol. The molecule has 0 radical (unpaired) electrons. The van der Waals surface area contributed by atoms with Crippen molar-refractivity contribution < 1.29 is 0 Å². The molecule has 0 aromatic heterocycles. The highest BCUT2D eigenvalue weighted by atomic mass is 127. The van der Waals surface area contributed by atoms with Gasteiger partial charge in [-0.2, -0.15) is 0 Å². The minimum Gasteiger partial charge on any atom is -0.389 e. The lowest BCUT2D eigenvalue weighted by Crippen LogP contribution is -2.12. The van der Waals surface area contributed by atoms with Crippen molar-refractivity contribution in [3.8, 4) is 0 Å². The summed E-state index contributed by atoms with van der Waals surface area (Å²) in [5.41, 5.74) is 9.83. The molecule has 0 atom stereocenters. The SMILES string of the molecule is Cc1c(I)cccc1Nc1ccccc1C(N)=S. The van der Waals surface area contributed by atoms with Crippen molar-refractivity contribution in [2.24, 2.45) is 5.73 Å². The summed E-state index contributed by atoms with van der Waals surface area (Å²) in [6, 6.07) is 14.0. The summed E-state index contributed by atoms with van der Waals surface area (Å²) >= 11 is 7.38. The smallest absolute Gasteiger partial charge is 0.106 e. The van der Waals surface area contributed by atoms with Crippen LogP contribution >= 0.6 is 34.8 Å². The number of nitrogens with one attached hydrogen (secondary N) is 1. The van der Waals surface area contributed by atoms with Gasteiger partial charge in [-0.15, -0.1) is 0 Å². The lowest BCUT2D eigenvalue weighted by Gasteiger charge is -2.13. The van der Waals surface area contributed by atoms with Gasteiger partial charge in [-0.1, -0.05) is 30.4 Å². The van der Waals surface area contributed by atoms with Crippen molar-refractivity contribution in [3.05, 3.63) is 57.2 Å². The Morgan fingerprint density at radius 2 is 1.78 bits per heavy atom. The van der Waals surface area contributed by atoms with Crippen molar-refractivity contribution in [1.82, 2.24) is 0 Å². The molecule has 4 heteroatoms. The predicted molar refractivity (Wildman–Crippen MR) is 89.5 cm³/mol. The minimum atomic E-state index is 0.404. The van der Waals surface area contributed by atoms with Crippen LogP contribution in [0.15, 0.2) is 42.5 Å². The average Bonchev–Trinajstić information content (AvgIpc) is 2.35. The molecule has 0 aliphatic carbocycles. The first kappa shape index (κ1) is 13.3. The molecule has 0 aliphatic heterocycles. The Bertz CT molecular complexity index is 596. The van der Waals surface area contributed by atoms with E-state index in [2.05, 4.69) is 40.9 Å². The van der Waals surface area contributed by atoms with Crippen LogP contribution in [0.3, 0.4) is 0 Å². The quantitative estimate of drug-likeness (QED) is 0.636. The van der Waals surface area contributed by atoms with Gasteiger partial charge < -0.3 is 11.1 Å². The van der Waals surface area contributed by atoms with Crippen molar-refractivity contribution in [2.45, 2.75) is 6.92 Å². The van der Waals surface area contributed by atoms with Gasteiger partial charge in [0.1, 0.15) is 4.99 Å². The largest absolute Gasteiger partial charge is 0.389 e. The molecule has 3 N–H and O–H groups in total. The van der Waals surface area contributed by atoms with Gasteiger partial charge in [0.15, 0.2) is 0 Å². The van der Waals surface area contributed by atoms with E-state index in [9.17, 15) is 0 Å². The van der Waals surface area contributed by atoms with Crippen LogP contribution < -0.4 is 11.1 Å². The van der Waals surface area contributed by atoms with Gasteiger partial charge in [-0.05, 0) is 59.3 Å². The van der Waals surface area contributed by atoms with Crippen molar-refractivity contribution >= 4 is 51.2 Å². The van der Waals surface area contributed by atoms with Crippen LogP contribution in [0.4, 0.5) is 11.4 Å². The second kappa shape index (κ2) is 5.67. The number of halogens is 1. The number of para-hydroxylation sites is 1. The van der Waals surface area contributed by atoms with Gasteiger partial charge in [-0.3, -0.25) is 0 Å². The Hall–Kier alpha value is -1.14. The molecule has 0 aliphatic rings. The van der Waals surface area contributed by atoms with Crippen LogP contribution in [0.1, 0.15) is 11.1 Å². The zero-order chi connectivity index (χ0) is 13.1. The van der Waals surface area contributed by atoms with E-state index in [1.165, 1.54) is 9.13 Å². The molecule has 0 saturated carbocycles. The van der Waals surface area contributed by atoms with Crippen LogP contribution in [0, 0.1) is 10.5 Å². The molecular weight excluding hydrogens is 355 g/mol. The van der Waals surface area contributed by atoms with Crippen molar-refractivity contribution in [2.75, 3.05) is 5.32 Å². The van der Waals surface area contributed by atoms with Crippen LogP contribution in [0.5, 0.6) is 0 Å². The van der Waals surface area contributed by atoms with E-state index >= 15 is 0 Å². The summed E-state index contributed by atoms with van der Waals surface area (Å²) in [5, 5.41) is 3.39. The third kappa shape index (κ3) is 2.81. The maximum Gasteiger partial charge on any atom is 0.106 e. The highest BCUT2D eigenvalue weighted by molar-refractivity contribution is 14.1. The van der Waals surface area contributed by atoms with Gasteiger partial charge in [-0.25, -0.2) is 0 Å². The molecule has 0 spiro atoms. The Morgan fingerprint density at radius 3 is 2.50 bits per heavy atom. The van der Waals surface area contributed by atoms with Gasteiger partial charge in [0.05, 0.1) is 0 Å². The number of hydrogen-bond acceptors (Lipinski definition) is 2. The molecule has 2 rings (SSSR count).